The fraction of sp³-hybridized carbons (Fsp3) is 1.00. The van der Waals surface area contributed by atoms with Crippen molar-refractivity contribution in [2.45, 2.75) is 52.0 Å². The van der Waals surface area contributed by atoms with Crippen LogP contribution in [0.1, 0.15) is 46.5 Å². The minimum absolute atomic E-state index is 0.220. The molecule has 0 aliphatic carbocycles. The predicted molar refractivity (Wildman–Crippen MR) is 55.3 cm³/mol. The molecular weight excluding hydrogens is 148 g/mol. The third kappa shape index (κ3) is 3.55. The molecule has 0 saturated heterocycles. The molecular formula is C10H24N2. The Morgan fingerprint density at radius 2 is 1.58 bits per heavy atom. The van der Waals surface area contributed by atoms with Crippen LogP contribution in [-0.4, -0.2) is 18.6 Å². The van der Waals surface area contributed by atoms with Gasteiger partial charge >= 0.3 is 0 Å². The van der Waals surface area contributed by atoms with Crippen molar-refractivity contribution in [3.8, 4) is 0 Å². The lowest BCUT2D eigenvalue weighted by atomic mass is 9.89. The first-order chi connectivity index (χ1) is 5.74. The van der Waals surface area contributed by atoms with Gasteiger partial charge in [-0.05, 0) is 19.4 Å². The Morgan fingerprint density at radius 3 is 1.83 bits per heavy atom. The minimum atomic E-state index is 0.220. The lowest BCUT2D eigenvalue weighted by molar-refractivity contribution is 0.289. The molecule has 0 aromatic rings. The number of rotatable bonds is 7. The van der Waals surface area contributed by atoms with Crippen molar-refractivity contribution in [3.05, 3.63) is 0 Å². The van der Waals surface area contributed by atoms with Gasteiger partial charge in [0.1, 0.15) is 0 Å². The Kier molecular flexibility index (Phi) is 6.39. The van der Waals surface area contributed by atoms with Gasteiger partial charge in [-0.3, -0.25) is 0 Å². The highest BCUT2D eigenvalue weighted by atomic mass is 15.0. The van der Waals surface area contributed by atoms with E-state index >= 15 is 0 Å². The molecule has 0 atom stereocenters. The van der Waals surface area contributed by atoms with E-state index in [-0.39, 0.29) is 5.54 Å². The molecule has 74 valence electrons. The summed E-state index contributed by atoms with van der Waals surface area (Å²) in [7, 11) is 0. The van der Waals surface area contributed by atoms with E-state index in [1.54, 1.807) is 0 Å². The minimum Gasteiger partial charge on any atom is -0.329 e. The lowest BCUT2D eigenvalue weighted by Crippen LogP contribution is -2.50. The first kappa shape index (κ1) is 11.9. The topological polar surface area (TPSA) is 38.0 Å². The molecule has 0 spiro atoms. The maximum absolute atomic E-state index is 5.80. The molecule has 12 heavy (non-hydrogen) atoms. The van der Waals surface area contributed by atoms with Gasteiger partial charge in [0.2, 0.25) is 0 Å². The van der Waals surface area contributed by atoms with Crippen molar-refractivity contribution in [1.82, 2.24) is 5.32 Å². The monoisotopic (exact) mass is 172 g/mol. The highest BCUT2D eigenvalue weighted by Crippen LogP contribution is 2.17. The zero-order valence-electron chi connectivity index (χ0n) is 8.82. The molecule has 0 aliphatic heterocycles. The Hall–Kier alpha value is -0.0800. The average molecular weight is 172 g/mol. The van der Waals surface area contributed by atoms with Gasteiger partial charge in [-0.2, -0.15) is 0 Å². The van der Waals surface area contributed by atoms with Crippen molar-refractivity contribution < 1.29 is 0 Å². The smallest absolute Gasteiger partial charge is 0.0303 e. The van der Waals surface area contributed by atoms with Crippen molar-refractivity contribution in [3.63, 3.8) is 0 Å². The second kappa shape index (κ2) is 6.44. The van der Waals surface area contributed by atoms with Gasteiger partial charge < -0.3 is 11.1 Å². The van der Waals surface area contributed by atoms with E-state index < -0.39 is 0 Å². The van der Waals surface area contributed by atoms with Crippen LogP contribution in [0, 0.1) is 0 Å². The fourth-order valence-corrected chi connectivity index (χ4v) is 1.91. The van der Waals surface area contributed by atoms with E-state index in [0.717, 1.165) is 13.1 Å². The molecule has 0 bridgehead atoms. The molecule has 0 heterocycles. The first-order valence-corrected chi connectivity index (χ1v) is 5.19. The molecule has 0 saturated carbocycles. The van der Waals surface area contributed by atoms with Gasteiger partial charge in [-0.25, -0.2) is 0 Å². The van der Waals surface area contributed by atoms with Crippen LogP contribution < -0.4 is 11.1 Å². The van der Waals surface area contributed by atoms with E-state index in [0.29, 0.717) is 0 Å². The molecule has 2 nitrogen and oxygen atoms in total. The Labute approximate surface area is 76.9 Å². The van der Waals surface area contributed by atoms with Crippen molar-refractivity contribution in [1.29, 1.82) is 0 Å². The summed E-state index contributed by atoms with van der Waals surface area (Å²) in [6, 6.07) is 0. The predicted octanol–water partition coefficient (Wildman–Crippen LogP) is 1.89. The summed E-state index contributed by atoms with van der Waals surface area (Å²) < 4.78 is 0. The Bertz CT molecular complexity index is 85.0. The number of likely N-dealkylation sites (N-methyl/N-ethyl adjacent to an activating group) is 1. The fourth-order valence-electron chi connectivity index (χ4n) is 1.91. The Balaban J connectivity index is 4.06. The first-order valence-electron chi connectivity index (χ1n) is 5.19. The molecule has 0 rings (SSSR count). The summed E-state index contributed by atoms with van der Waals surface area (Å²) in [5.74, 6) is 0. The zero-order valence-corrected chi connectivity index (χ0v) is 8.82. The SMILES string of the molecule is CCCC(CN)(CCC)NCC. The summed E-state index contributed by atoms with van der Waals surface area (Å²) in [4.78, 5) is 0. The zero-order chi connectivity index (χ0) is 9.45. The molecule has 0 amide bonds. The van der Waals surface area contributed by atoms with E-state index in [1.165, 1.54) is 25.7 Å². The van der Waals surface area contributed by atoms with E-state index in [4.69, 9.17) is 5.73 Å². The second-order valence-corrected chi connectivity index (χ2v) is 3.51. The average Bonchev–Trinajstić information content (AvgIpc) is 2.06. The van der Waals surface area contributed by atoms with Crippen LogP contribution in [0.15, 0.2) is 0 Å². The molecule has 0 radical (unpaired) electrons. The third-order valence-electron chi connectivity index (χ3n) is 2.40. The quantitative estimate of drug-likeness (QED) is 0.615. The molecule has 0 aromatic heterocycles. The van der Waals surface area contributed by atoms with E-state index in [9.17, 15) is 0 Å². The largest absolute Gasteiger partial charge is 0.329 e. The van der Waals surface area contributed by atoms with Crippen molar-refractivity contribution in [2.75, 3.05) is 13.1 Å². The van der Waals surface area contributed by atoms with Crippen LogP contribution >= 0.6 is 0 Å². The molecule has 3 N–H and O–H groups in total. The normalized spacial score (nSPS) is 12.0. The van der Waals surface area contributed by atoms with E-state index in [1.807, 2.05) is 0 Å². The number of hydrogen-bond donors (Lipinski definition) is 2. The van der Waals surface area contributed by atoms with Gasteiger partial charge in [-0.15, -0.1) is 0 Å². The lowest BCUT2D eigenvalue weighted by Gasteiger charge is -2.33. The van der Waals surface area contributed by atoms with Crippen LogP contribution in [0.25, 0.3) is 0 Å². The van der Waals surface area contributed by atoms with Crippen LogP contribution in [0.4, 0.5) is 0 Å². The van der Waals surface area contributed by atoms with Crippen LogP contribution in [0.3, 0.4) is 0 Å². The molecule has 2 heteroatoms. The molecule has 0 unspecified atom stereocenters. The van der Waals surface area contributed by atoms with Gasteiger partial charge in [0.15, 0.2) is 0 Å². The molecule has 0 aliphatic rings. The standard InChI is InChI=1S/C10H24N2/c1-4-7-10(9-11,8-5-2)12-6-3/h12H,4-9,11H2,1-3H3. The number of nitrogens with two attached hydrogens (primary N) is 1. The highest BCUT2D eigenvalue weighted by molar-refractivity contribution is 4.87. The summed E-state index contributed by atoms with van der Waals surface area (Å²) in [5.41, 5.74) is 6.02. The highest BCUT2D eigenvalue weighted by Gasteiger charge is 2.24. The van der Waals surface area contributed by atoms with Crippen molar-refractivity contribution in [2.24, 2.45) is 5.73 Å². The molecule has 0 aromatic carbocycles. The van der Waals surface area contributed by atoms with Gasteiger partial charge in [0.25, 0.3) is 0 Å². The summed E-state index contributed by atoms with van der Waals surface area (Å²) in [6.07, 6.45) is 4.82. The van der Waals surface area contributed by atoms with Crippen LogP contribution in [0.2, 0.25) is 0 Å². The van der Waals surface area contributed by atoms with Crippen LogP contribution in [-0.2, 0) is 0 Å². The third-order valence-corrected chi connectivity index (χ3v) is 2.40. The number of nitrogens with one attached hydrogen (secondary N) is 1. The van der Waals surface area contributed by atoms with Crippen molar-refractivity contribution >= 4 is 0 Å². The van der Waals surface area contributed by atoms with Crippen LogP contribution in [0.5, 0.6) is 0 Å². The van der Waals surface area contributed by atoms with Gasteiger partial charge in [-0.1, -0.05) is 33.6 Å². The summed E-state index contributed by atoms with van der Waals surface area (Å²) in [6.45, 7) is 8.38. The second-order valence-electron chi connectivity index (χ2n) is 3.51. The van der Waals surface area contributed by atoms with E-state index in [2.05, 4.69) is 26.1 Å². The Morgan fingerprint density at radius 1 is 1.08 bits per heavy atom. The van der Waals surface area contributed by atoms with Gasteiger partial charge in [0.05, 0.1) is 0 Å². The number of hydrogen-bond acceptors (Lipinski definition) is 2. The maximum atomic E-state index is 5.80. The maximum Gasteiger partial charge on any atom is 0.0303 e. The molecule has 0 fully saturated rings. The van der Waals surface area contributed by atoms with Gasteiger partial charge in [0, 0.05) is 12.1 Å². The summed E-state index contributed by atoms with van der Waals surface area (Å²) >= 11 is 0. The summed E-state index contributed by atoms with van der Waals surface area (Å²) in [5, 5.41) is 3.52.